The standard InChI is InChI=1S/C7H11FN2O2S2/c1-10(2)4-6-3-9-7(13-6)5-14(8,11)12/h3H,4-5H2,1-2H3. The second kappa shape index (κ2) is 4.33. The quantitative estimate of drug-likeness (QED) is 0.734. The summed E-state index contributed by atoms with van der Waals surface area (Å²) in [6, 6.07) is 0. The van der Waals surface area contributed by atoms with Gasteiger partial charge in [0.25, 0.3) is 0 Å². The van der Waals surface area contributed by atoms with Gasteiger partial charge in [0.1, 0.15) is 10.8 Å². The van der Waals surface area contributed by atoms with Crippen LogP contribution >= 0.6 is 11.3 Å². The zero-order valence-corrected chi connectivity index (χ0v) is 9.53. The summed E-state index contributed by atoms with van der Waals surface area (Å²) in [6.45, 7) is 0.685. The van der Waals surface area contributed by atoms with E-state index in [0.717, 1.165) is 4.88 Å². The van der Waals surface area contributed by atoms with Crippen molar-refractivity contribution in [3.05, 3.63) is 16.1 Å². The zero-order valence-electron chi connectivity index (χ0n) is 7.90. The molecule has 0 unspecified atom stereocenters. The number of thiazole rings is 1. The van der Waals surface area contributed by atoms with Crippen LogP contribution in [0, 0.1) is 0 Å². The van der Waals surface area contributed by atoms with Crippen molar-refractivity contribution in [2.75, 3.05) is 14.1 Å². The smallest absolute Gasteiger partial charge is 0.304 e. The average Bonchev–Trinajstić information content (AvgIpc) is 2.30. The van der Waals surface area contributed by atoms with Gasteiger partial charge in [-0.1, -0.05) is 0 Å². The van der Waals surface area contributed by atoms with Gasteiger partial charge in [-0.2, -0.15) is 8.42 Å². The van der Waals surface area contributed by atoms with Gasteiger partial charge < -0.3 is 4.90 Å². The van der Waals surface area contributed by atoms with E-state index in [9.17, 15) is 12.3 Å². The minimum Gasteiger partial charge on any atom is -0.304 e. The van der Waals surface area contributed by atoms with Crippen LogP contribution in [-0.4, -0.2) is 32.4 Å². The predicted octanol–water partition coefficient (Wildman–Crippen LogP) is 1.00. The molecule has 0 amide bonds. The van der Waals surface area contributed by atoms with Crippen molar-refractivity contribution in [2.45, 2.75) is 12.3 Å². The third-order valence-electron chi connectivity index (χ3n) is 1.37. The van der Waals surface area contributed by atoms with Gasteiger partial charge in [-0.25, -0.2) is 4.98 Å². The Labute approximate surface area is 86.6 Å². The van der Waals surface area contributed by atoms with Crippen LogP contribution in [-0.2, 0) is 22.5 Å². The number of aromatic nitrogens is 1. The zero-order chi connectivity index (χ0) is 10.8. The van der Waals surface area contributed by atoms with E-state index in [1.807, 2.05) is 19.0 Å². The summed E-state index contributed by atoms with van der Waals surface area (Å²) in [5.41, 5.74) is 0. The number of hydrogen-bond donors (Lipinski definition) is 0. The monoisotopic (exact) mass is 238 g/mol. The molecule has 0 bridgehead atoms. The first kappa shape index (κ1) is 11.5. The third kappa shape index (κ3) is 4.12. The maximum atomic E-state index is 12.3. The van der Waals surface area contributed by atoms with Crippen LogP contribution in [0.25, 0.3) is 0 Å². The molecule has 0 aliphatic heterocycles. The van der Waals surface area contributed by atoms with E-state index >= 15 is 0 Å². The van der Waals surface area contributed by atoms with Crippen molar-refractivity contribution < 1.29 is 12.3 Å². The van der Waals surface area contributed by atoms with Crippen molar-refractivity contribution in [2.24, 2.45) is 0 Å². The molecule has 0 spiro atoms. The molecule has 1 aromatic rings. The molecule has 0 saturated carbocycles. The lowest BCUT2D eigenvalue weighted by atomic mass is 10.5. The lowest BCUT2D eigenvalue weighted by molar-refractivity contribution is 0.406. The van der Waals surface area contributed by atoms with Gasteiger partial charge >= 0.3 is 10.2 Å². The molecule has 80 valence electrons. The van der Waals surface area contributed by atoms with Crippen LogP contribution in [0.2, 0.25) is 0 Å². The summed E-state index contributed by atoms with van der Waals surface area (Å²) in [5.74, 6) is -0.620. The van der Waals surface area contributed by atoms with Crippen molar-refractivity contribution in [1.82, 2.24) is 9.88 Å². The van der Waals surface area contributed by atoms with E-state index in [1.54, 1.807) is 6.20 Å². The predicted molar refractivity (Wildman–Crippen MR) is 53.2 cm³/mol. The molecule has 1 rings (SSSR count). The molecule has 14 heavy (non-hydrogen) atoms. The minimum absolute atomic E-state index is 0.296. The van der Waals surface area contributed by atoms with Gasteiger partial charge in [0, 0.05) is 17.6 Å². The molecule has 0 aliphatic rings. The van der Waals surface area contributed by atoms with E-state index in [0.29, 0.717) is 11.6 Å². The van der Waals surface area contributed by atoms with Crippen LogP contribution in [0.5, 0.6) is 0 Å². The van der Waals surface area contributed by atoms with E-state index in [4.69, 9.17) is 0 Å². The largest absolute Gasteiger partial charge is 0.308 e. The fourth-order valence-electron chi connectivity index (χ4n) is 0.947. The van der Waals surface area contributed by atoms with E-state index in [-0.39, 0.29) is 0 Å². The summed E-state index contributed by atoms with van der Waals surface area (Å²) in [5, 5.41) is 0.296. The first-order valence-corrected chi connectivity index (χ1v) is 6.24. The van der Waals surface area contributed by atoms with Crippen LogP contribution in [0.4, 0.5) is 3.89 Å². The van der Waals surface area contributed by atoms with Crippen LogP contribution in [0.3, 0.4) is 0 Å². The summed E-state index contributed by atoms with van der Waals surface area (Å²) >= 11 is 1.22. The van der Waals surface area contributed by atoms with Gasteiger partial charge in [0.15, 0.2) is 0 Å². The number of nitrogens with zero attached hydrogens (tertiary/aromatic N) is 2. The Morgan fingerprint density at radius 2 is 2.21 bits per heavy atom. The molecule has 0 aromatic carbocycles. The van der Waals surface area contributed by atoms with Gasteiger partial charge in [-0.3, -0.25) is 0 Å². The van der Waals surface area contributed by atoms with Crippen molar-refractivity contribution in [3.8, 4) is 0 Å². The summed E-state index contributed by atoms with van der Waals surface area (Å²) < 4.78 is 32.9. The molecule has 0 N–H and O–H groups in total. The molecule has 0 saturated heterocycles. The third-order valence-corrected chi connectivity index (χ3v) is 3.15. The van der Waals surface area contributed by atoms with Gasteiger partial charge in [-0.15, -0.1) is 15.2 Å². The molecule has 1 heterocycles. The van der Waals surface area contributed by atoms with Crippen LogP contribution < -0.4 is 0 Å². The molecule has 4 nitrogen and oxygen atoms in total. The highest BCUT2D eigenvalue weighted by atomic mass is 32.3. The fourth-order valence-corrected chi connectivity index (χ4v) is 2.81. The Morgan fingerprint density at radius 1 is 1.57 bits per heavy atom. The van der Waals surface area contributed by atoms with Crippen molar-refractivity contribution >= 4 is 21.6 Å². The van der Waals surface area contributed by atoms with E-state index in [2.05, 4.69) is 4.98 Å². The van der Waals surface area contributed by atoms with Crippen LogP contribution in [0.15, 0.2) is 6.20 Å². The SMILES string of the molecule is CN(C)Cc1cnc(CS(=O)(=O)F)s1. The summed E-state index contributed by atoms with van der Waals surface area (Å²) in [7, 11) is -0.670. The Bertz CT molecular complexity index is 400. The first-order chi connectivity index (χ1) is 6.37. The molecular weight excluding hydrogens is 227 g/mol. The lowest BCUT2D eigenvalue weighted by Gasteiger charge is -2.05. The number of halogens is 1. The van der Waals surface area contributed by atoms with Gasteiger partial charge in [0.2, 0.25) is 0 Å². The van der Waals surface area contributed by atoms with Crippen molar-refractivity contribution in [1.29, 1.82) is 0 Å². The Balaban J connectivity index is 2.69. The van der Waals surface area contributed by atoms with E-state index in [1.165, 1.54) is 11.3 Å². The Hall–Kier alpha value is -0.530. The highest BCUT2D eigenvalue weighted by molar-refractivity contribution is 7.85. The van der Waals surface area contributed by atoms with Crippen LogP contribution in [0.1, 0.15) is 9.88 Å². The minimum atomic E-state index is -4.46. The van der Waals surface area contributed by atoms with E-state index < -0.39 is 16.0 Å². The molecule has 0 fully saturated rings. The number of rotatable bonds is 4. The summed E-state index contributed by atoms with van der Waals surface area (Å²) in [6.07, 6.45) is 1.57. The second-order valence-corrected chi connectivity index (χ2v) is 5.71. The molecule has 0 aliphatic carbocycles. The van der Waals surface area contributed by atoms with Gasteiger partial charge in [0.05, 0.1) is 0 Å². The summed E-state index contributed by atoms with van der Waals surface area (Å²) in [4.78, 5) is 6.68. The average molecular weight is 238 g/mol. The molecule has 0 atom stereocenters. The second-order valence-electron chi connectivity index (χ2n) is 3.14. The first-order valence-electron chi connectivity index (χ1n) is 3.87. The highest BCUT2D eigenvalue weighted by Crippen LogP contribution is 2.17. The van der Waals surface area contributed by atoms with Crippen molar-refractivity contribution in [3.63, 3.8) is 0 Å². The molecule has 0 radical (unpaired) electrons. The Kier molecular flexibility index (Phi) is 3.57. The topological polar surface area (TPSA) is 50.3 Å². The Morgan fingerprint density at radius 3 is 2.71 bits per heavy atom. The molecule has 1 aromatic heterocycles. The maximum Gasteiger partial charge on any atom is 0.308 e. The lowest BCUT2D eigenvalue weighted by Crippen LogP contribution is -2.09. The normalized spacial score (nSPS) is 12.3. The molecular formula is C7H11FN2O2S2. The number of hydrogen-bond acceptors (Lipinski definition) is 5. The van der Waals surface area contributed by atoms with Gasteiger partial charge in [-0.05, 0) is 14.1 Å². The highest BCUT2D eigenvalue weighted by Gasteiger charge is 2.12. The maximum absolute atomic E-state index is 12.3. The molecule has 7 heteroatoms. The fraction of sp³-hybridized carbons (Fsp3) is 0.571.